The topological polar surface area (TPSA) is 35.2 Å². The van der Waals surface area contributed by atoms with Gasteiger partial charge in [0.05, 0.1) is 12.5 Å². The van der Waals surface area contributed by atoms with E-state index in [0.29, 0.717) is 19.4 Å². The van der Waals surface area contributed by atoms with Gasteiger partial charge in [-0.3, -0.25) is 0 Å². The summed E-state index contributed by atoms with van der Waals surface area (Å²) in [5.41, 5.74) is 5.57. The van der Waals surface area contributed by atoms with Crippen molar-refractivity contribution in [3.05, 3.63) is 0 Å². The van der Waals surface area contributed by atoms with Crippen molar-refractivity contribution < 1.29 is 17.9 Å². The second-order valence-electron chi connectivity index (χ2n) is 5.48. The van der Waals surface area contributed by atoms with Crippen molar-refractivity contribution in [2.45, 2.75) is 50.2 Å². The van der Waals surface area contributed by atoms with Crippen LogP contribution < -0.4 is 5.73 Å². The van der Waals surface area contributed by atoms with Gasteiger partial charge in [-0.05, 0) is 32.1 Å². The number of nitrogens with two attached hydrogens (primary N) is 1. The van der Waals surface area contributed by atoms with Crippen LogP contribution in [0.5, 0.6) is 0 Å². The number of halogens is 3. The van der Waals surface area contributed by atoms with E-state index in [0.717, 1.165) is 19.4 Å². The smallest absolute Gasteiger partial charge is 0.381 e. The quantitative estimate of drug-likeness (QED) is 0.777. The summed E-state index contributed by atoms with van der Waals surface area (Å²) in [4.78, 5) is 0. The van der Waals surface area contributed by atoms with Gasteiger partial charge < -0.3 is 10.5 Å². The number of hydrogen-bond donors (Lipinski definition) is 1. The Balaban J connectivity index is 2.03. The molecule has 100 valence electrons. The number of rotatable bonds is 1. The molecule has 0 bridgehead atoms. The normalized spacial score (nSPS) is 40.2. The SMILES string of the molecule is NC1(C2CCCOC2)CCCC(C(F)(F)F)C1. The van der Waals surface area contributed by atoms with Crippen LogP contribution in [-0.4, -0.2) is 24.9 Å². The molecule has 0 amide bonds. The van der Waals surface area contributed by atoms with E-state index in [4.69, 9.17) is 10.5 Å². The molecule has 17 heavy (non-hydrogen) atoms. The zero-order valence-electron chi connectivity index (χ0n) is 9.93. The van der Waals surface area contributed by atoms with Crippen molar-refractivity contribution in [2.24, 2.45) is 17.6 Å². The van der Waals surface area contributed by atoms with Crippen LogP contribution in [0.1, 0.15) is 38.5 Å². The van der Waals surface area contributed by atoms with Gasteiger partial charge in [-0.15, -0.1) is 0 Å². The van der Waals surface area contributed by atoms with Gasteiger partial charge in [0.2, 0.25) is 0 Å². The van der Waals surface area contributed by atoms with Gasteiger partial charge in [-0.2, -0.15) is 13.2 Å². The molecule has 0 aromatic rings. The van der Waals surface area contributed by atoms with Crippen molar-refractivity contribution in [1.29, 1.82) is 0 Å². The minimum absolute atomic E-state index is 0.0739. The van der Waals surface area contributed by atoms with Crippen LogP contribution in [0.4, 0.5) is 13.2 Å². The largest absolute Gasteiger partial charge is 0.391 e. The van der Waals surface area contributed by atoms with Crippen LogP contribution in [-0.2, 0) is 4.74 Å². The minimum Gasteiger partial charge on any atom is -0.381 e. The average Bonchev–Trinajstić information content (AvgIpc) is 2.29. The van der Waals surface area contributed by atoms with Gasteiger partial charge in [-0.1, -0.05) is 6.42 Å². The van der Waals surface area contributed by atoms with Crippen LogP contribution in [0.2, 0.25) is 0 Å². The first-order valence-electron chi connectivity index (χ1n) is 6.35. The maximum Gasteiger partial charge on any atom is 0.391 e. The Morgan fingerprint density at radius 2 is 1.94 bits per heavy atom. The second kappa shape index (κ2) is 4.76. The molecule has 2 N–H and O–H groups in total. The Kier molecular flexibility index (Phi) is 3.69. The molecule has 2 rings (SSSR count). The lowest BCUT2D eigenvalue weighted by Gasteiger charge is -2.45. The molecular weight excluding hydrogens is 231 g/mol. The fraction of sp³-hybridized carbons (Fsp3) is 1.00. The summed E-state index contributed by atoms with van der Waals surface area (Å²) in [6.45, 7) is 1.25. The van der Waals surface area contributed by atoms with Crippen LogP contribution in [0, 0.1) is 11.8 Å². The summed E-state index contributed by atoms with van der Waals surface area (Å²) in [6.07, 6.45) is -0.687. The van der Waals surface area contributed by atoms with Crippen molar-refractivity contribution in [3.63, 3.8) is 0 Å². The van der Waals surface area contributed by atoms with Crippen molar-refractivity contribution in [2.75, 3.05) is 13.2 Å². The van der Waals surface area contributed by atoms with Crippen LogP contribution in [0.15, 0.2) is 0 Å². The van der Waals surface area contributed by atoms with E-state index in [1.54, 1.807) is 0 Å². The Hall–Kier alpha value is -0.290. The highest BCUT2D eigenvalue weighted by molar-refractivity contribution is 4.98. The number of ether oxygens (including phenoxy) is 1. The standard InChI is InChI=1S/C12H20F3NO/c13-12(14,15)9-3-1-5-11(16,7-9)10-4-2-6-17-8-10/h9-10H,1-8,16H2. The molecule has 2 nitrogen and oxygen atoms in total. The van der Waals surface area contributed by atoms with Crippen molar-refractivity contribution >= 4 is 0 Å². The van der Waals surface area contributed by atoms with E-state index in [1.165, 1.54) is 0 Å². The average molecular weight is 251 g/mol. The predicted octanol–water partition coefficient (Wildman–Crippen LogP) is 2.86. The fourth-order valence-corrected chi connectivity index (χ4v) is 3.18. The van der Waals surface area contributed by atoms with E-state index < -0.39 is 17.6 Å². The molecule has 0 aromatic heterocycles. The van der Waals surface area contributed by atoms with Gasteiger partial charge in [-0.25, -0.2) is 0 Å². The number of alkyl halides is 3. The molecule has 2 fully saturated rings. The van der Waals surface area contributed by atoms with Gasteiger partial charge in [0.25, 0.3) is 0 Å². The van der Waals surface area contributed by atoms with Crippen LogP contribution >= 0.6 is 0 Å². The third kappa shape index (κ3) is 2.94. The van der Waals surface area contributed by atoms with Gasteiger partial charge in [0.1, 0.15) is 0 Å². The molecule has 5 heteroatoms. The molecule has 1 saturated carbocycles. The molecule has 0 aromatic carbocycles. The maximum atomic E-state index is 12.8. The lowest BCUT2D eigenvalue weighted by atomic mass is 9.68. The van der Waals surface area contributed by atoms with Crippen molar-refractivity contribution in [3.8, 4) is 0 Å². The Morgan fingerprint density at radius 3 is 2.53 bits per heavy atom. The zero-order valence-corrected chi connectivity index (χ0v) is 9.93. The molecule has 3 atom stereocenters. The molecule has 1 aliphatic heterocycles. The lowest BCUT2D eigenvalue weighted by Crippen LogP contribution is -2.54. The van der Waals surface area contributed by atoms with Gasteiger partial charge >= 0.3 is 6.18 Å². The summed E-state index contributed by atoms with van der Waals surface area (Å²) < 4.78 is 43.7. The fourth-order valence-electron chi connectivity index (χ4n) is 3.18. The summed E-state index contributed by atoms with van der Waals surface area (Å²) in [6, 6.07) is 0. The maximum absolute atomic E-state index is 12.8. The first-order valence-corrected chi connectivity index (χ1v) is 6.35. The highest BCUT2D eigenvalue weighted by atomic mass is 19.4. The molecule has 1 saturated heterocycles. The van der Waals surface area contributed by atoms with Crippen molar-refractivity contribution in [1.82, 2.24) is 0 Å². The van der Waals surface area contributed by atoms with Gasteiger partial charge in [0.15, 0.2) is 0 Å². The third-order valence-electron chi connectivity index (χ3n) is 4.26. The van der Waals surface area contributed by atoms with E-state index in [9.17, 15) is 13.2 Å². The Bertz CT molecular complexity index is 263. The Morgan fingerprint density at radius 1 is 1.18 bits per heavy atom. The van der Waals surface area contributed by atoms with E-state index >= 15 is 0 Å². The molecule has 0 spiro atoms. The highest BCUT2D eigenvalue weighted by Crippen LogP contribution is 2.44. The number of hydrogen-bond acceptors (Lipinski definition) is 2. The lowest BCUT2D eigenvalue weighted by molar-refractivity contribution is -0.190. The van der Waals surface area contributed by atoms with E-state index in [1.807, 2.05) is 0 Å². The van der Waals surface area contributed by atoms with E-state index in [2.05, 4.69) is 0 Å². The van der Waals surface area contributed by atoms with Gasteiger partial charge in [0, 0.05) is 18.1 Å². The molecular formula is C12H20F3NO. The Labute approximate surface area is 99.7 Å². The summed E-state index contributed by atoms with van der Waals surface area (Å²) in [7, 11) is 0. The minimum atomic E-state index is -4.10. The van der Waals surface area contributed by atoms with E-state index in [-0.39, 0.29) is 18.8 Å². The third-order valence-corrected chi connectivity index (χ3v) is 4.26. The molecule has 3 unspecified atom stereocenters. The molecule has 2 aliphatic rings. The monoisotopic (exact) mass is 251 g/mol. The first-order chi connectivity index (χ1) is 7.92. The molecule has 1 aliphatic carbocycles. The first kappa shape index (κ1) is 13.1. The highest BCUT2D eigenvalue weighted by Gasteiger charge is 2.48. The summed E-state index contributed by atoms with van der Waals surface area (Å²) in [5.74, 6) is -1.12. The zero-order chi connectivity index (χ0) is 12.5. The second-order valence-corrected chi connectivity index (χ2v) is 5.48. The van der Waals surface area contributed by atoms with Crippen LogP contribution in [0.3, 0.4) is 0 Å². The van der Waals surface area contributed by atoms with Crippen LogP contribution in [0.25, 0.3) is 0 Å². The summed E-state index contributed by atoms with van der Waals surface area (Å²) >= 11 is 0. The predicted molar refractivity (Wildman–Crippen MR) is 58.5 cm³/mol. The molecule has 0 radical (unpaired) electrons. The summed E-state index contributed by atoms with van der Waals surface area (Å²) in [5, 5.41) is 0. The molecule has 1 heterocycles.